The molecule has 1 N–H and O–H groups in total. The summed E-state index contributed by atoms with van der Waals surface area (Å²) in [5.41, 5.74) is 2.72. The van der Waals surface area contributed by atoms with E-state index in [1.165, 1.54) is 49.3 Å². The summed E-state index contributed by atoms with van der Waals surface area (Å²) in [7, 11) is -2.17. The molecule has 5 nitrogen and oxygen atoms in total. The minimum Gasteiger partial charge on any atom is -0.495 e. The van der Waals surface area contributed by atoms with Crippen molar-refractivity contribution in [3.05, 3.63) is 52.5 Å². The monoisotopic (exact) mass is 395 g/mol. The van der Waals surface area contributed by atoms with Gasteiger partial charge in [-0.2, -0.15) is 0 Å². The second-order valence-electron chi connectivity index (χ2n) is 6.18. The average Bonchev–Trinajstić information content (AvgIpc) is 2.65. The van der Waals surface area contributed by atoms with Gasteiger partial charge in [0, 0.05) is 6.54 Å². The van der Waals surface area contributed by atoms with Crippen molar-refractivity contribution in [3.63, 3.8) is 0 Å². The molecule has 26 heavy (non-hydrogen) atoms. The summed E-state index contributed by atoms with van der Waals surface area (Å²) in [5, 5.41) is 0.251. The lowest BCUT2D eigenvalue weighted by molar-refractivity contribution is 0.322. The first-order valence-corrected chi connectivity index (χ1v) is 10.4. The van der Waals surface area contributed by atoms with E-state index >= 15 is 0 Å². The zero-order chi connectivity index (χ0) is 18.6. The molecule has 0 radical (unpaired) electrons. The molecule has 1 aliphatic rings. The lowest BCUT2D eigenvalue weighted by Crippen LogP contribution is -2.28. The number of hydrogen-bond acceptors (Lipinski definition) is 4. The molecule has 3 rings (SSSR count). The number of halogens is 1. The van der Waals surface area contributed by atoms with Crippen molar-refractivity contribution in [2.24, 2.45) is 0 Å². The zero-order valence-corrected chi connectivity index (χ0v) is 16.2. The van der Waals surface area contributed by atoms with E-state index in [1.807, 2.05) is 6.07 Å². The Morgan fingerprint density at radius 2 is 1.85 bits per heavy atom. The number of methoxy groups -OCH3 is 1. The molecule has 0 aromatic heterocycles. The van der Waals surface area contributed by atoms with Gasteiger partial charge in [0.05, 0.1) is 17.0 Å². The molecule has 0 atom stereocenters. The van der Waals surface area contributed by atoms with Crippen LogP contribution in [0.25, 0.3) is 0 Å². The zero-order valence-electron chi connectivity index (χ0n) is 14.6. The van der Waals surface area contributed by atoms with Crippen LogP contribution >= 0.6 is 11.6 Å². The third kappa shape index (κ3) is 4.50. The smallest absolute Gasteiger partial charge is 0.240 e. The highest BCUT2D eigenvalue weighted by Gasteiger charge is 2.16. The van der Waals surface area contributed by atoms with Crippen LogP contribution in [0.1, 0.15) is 24.0 Å². The van der Waals surface area contributed by atoms with Crippen LogP contribution in [0.15, 0.2) is 41.3 Å². The van der Waals surface area contributed by atoms with E-state index < -0.39 is 10.0 Å². The predicted octanol–water partition coefficient (Wildman–Crippen LogP) is 3.58. The number of ether oxygens (including phenoxy) is 2. The number of benzene rings is 2. The van der Waals surface area contributed by atoms with Crippen LogP contribution < -0.4 is 14.2 Å². The van der Waals surface area contributed by atoms with E-state index in [0.29, 0.717) is 5.75 Å². The molecule has 0 amide bonds. The fraction of sp³-hybridized carbons (Fsp3) is 0.368. The molecule has 140 valence electrons. The Balaban J connectivity index is 1.55. The molecule has 0 spiro atoms. The minimum absolute atomic E-state index is 0.0945. The predicted molar refractivity (Wildman–Crippen MR) is 102 cm³/mol. The van der Waals surface area contributed by atoms with Crippen molar-refractivity contribution in [2.75, 3.05) is 20.3 Å². The Morgan fingerprint density at radius 1 is 1.08 bits per heavy atom. The van der Waals surface area contributed by atoms with Crippen LogP contribution in [0, 0.1) is 0 Å². The molecule has 2 aromatic carbocycles. The van der Waals surface area contributed by atoms with E-state index in [1.54, 1.807) is 0 Å². The van der Waals surface area contributed by atoms with Gasteiger partial charge >= 0.3 is 0 Å². The van der Waals surface area contributed by atoms with Crippen molar-refractivity contribution < 1.29 is 17.9 Å². The summed E-state index contributed by atoms with van der Waals surface area (Å²) >= 11 is 5.99. The highest BCUT2D eigenvalue weighted by atomic mass is 35.5. The van der Waals surface area contributed by atoms with E-state index in [2.05, 4.69) is 16.9 Å². The van der Waals surface area contributed by atoms with E-state index in [0.717, 1.165) is 18.6 Å². The molecular weight excluding hydrogens is 374 g/mol. The second kappa shape index (κ2) is 8.29. The topological polar surface area (TPSA) is 64.6 Å². The molecule has 0 bridgehead atoms. The molecule has 0 aliphatic heterocycles. The molecule has 0 fully saturated rings. The molecule has 0 heterocycles. The van der Waals surface area contributed by atoms with Crippen molar-refractivity contribution in [1.29, 1.82) is 0 Å². The Labute approximate surface area is 159 Å². The summed E-state index contributed by atoms with van der Waals surface area (Å²) < 4.78 is 37.9. The summed E-state index contributed by atoms with van der Waals surface area (Å²) in [4.78, 5) is 0.0945. The van der Waals surface area contributed by atoms with Gasteiger partial charge in [0.25, 0.3) is 0 Å². The SMILES string of the molecule is COc1ccc(S(=O)(=O)NCCOc2ccc3c(c2)CCCC3)cc1Cl. The maximum Gasteiger partial charge on any atom is 0.240 e. The number of hydrogen-bond donors (Lipinski definition) is 1. The van der Waals surface area contributed by atoms with Crippen molar-refractivity contribution in [1.82, 2.24) is 4.72 Å². The van der Waals surface area contributed by atoms with Gasteiger partial charge in [-0.3, -0.25) is 0 Å². The first-order valence-electron chi connectivity index (χ1n) is 8.57. The maximum absolute atomic E-state index is 12.3. The first kappa shape index (κ1) is 19.0. The van der Waals surface area contributed by atoms with Crippen LogP contribution in [0.4, 0.5) is 0 Å². The van der Waals surface area contributed by atoms with Crippen LogP contribution in [-0.4, -0.2) is 28.7 Å². The van der Waals surface area contributed by atoms with Gasteiger partial charge in [-0.15, -0.1) is 0 Å². The summed E-state index contributed by atoms with van der Waals surface area (Å²) in [5.74, 6) is 1.21. The fourth-order valence-corrected chi connectivity index (χ4v) is 4.40. The van der Waals surface area contributed by atoms with Crippen molar-refractivity contribution in [3.8, 4) is 11.5 Å². The second-order valence-corrected chi connectivity index (χ2v) is 8.35. The average molecular weight is 396 g/mol. The van der Waals surface area contributed by atoms with Gasteiger partial charge in [0.15, 0.2) is 0 Å². The third-order valence-electron chi connectivity index (χ3n) is 4.42. The largest absolute Gasteiger partial charge is 0.495 e. The number of fused-ring (bicyclic) bond motifs is 1. The lowest BCUT2D eigenvalue weighted by Gasteiger charge is -2.17. The van der Waals surface area contributed by atoms with Gasteiger partial charge in [-0.25, -0.2) is 13.1 Å². The Kier molecular flexibility index (Phi) is 6.06. The molecule has 2 aromatic rings. The van der Waals surface area contributed by atoms with Crippen LogP contribution in [0.2, 0.25) is 5.02 Å². The minimum atomic E-state index is -3.65. The van der Waals surface area contributed by atoms with Gasteiger partial charge in [-0.05, 0) is 67.1 Å². The highest BCUT2D eigenvalue weighted by Crippen LogP contribution is 2.27. The van der Waals surface area contributed by atoms with Gasteiger partial charge in [0.2, 0.25) is 10.0 Å². The number of rotatable bonds is 7. The van der Waals surface area contributed by atoms with E-state index in [9.17, 15) is 8.42 Å². The lowest BCUT2D eigenvalue weighted by atomic mass is 9.92. The van der Waals surface area contributed by atoms with Crippen LogP contribution in [0.5, 0.6) is 11.5 Å². The standard InChI is InChI=1S/C19H22ClNO4S/c1-24-19-9-8-17(13-18(19)20)26(22,23)21-10-11-25-16-7-6-14-4-2-3-5-15(14)12-16/h6-9,12-13,21H,2-5,10-11H2,1H3. The molecular formula is C19H22ClNO4S. The molecule has 7 heteroatoms. The van der Waals surface area contributed by atoms with Gasteiger partial charge in [0.1, 0.15) is 18.1 Å². The Morgan fingerprint density at radius 3 is 2.58 bits per heavy atom. The highest BCUT2D eigenvalue weighted by molar-refractivity contribution is 7.89. The fourth-order valence-electron chi connectivity index (χ4n) is 3.04. The summed E-state index contributed by atoms with van der Waals surface area (Å²) in [6.07, 6.45) is 4.66. The number of aryl methyl sites for hydroxylation is 2. The quantitative estimate of drug-likeness (QED) is 0.727. The molecule has 0 saturated heterocycles. The molecule has 0 unspecified atom stereocenters. The summed E-state index contributed by atoms with van der Waals surface area (Å²) in [6.45, 7) is 0.422. The first-order chi connectivity index (χ1) is 12.5. The molecule has 1 aliphatic carbocycles. The number of sulfonamides is 1. The van der Waals surface area contributed by atoms with Crippen molar-refractivity contribution >= 4 is 21.6 Å². The van der Waals surface area contributed by atoms with Crippen molar-refractivity contribution in [2.45, 2.75) is 30.6 Å². The van der Waals surface area contributed by atoms with Gasteiger partial charge in [-0.1, -0.05) is 17.7 Å². The van der Waals surface area contributed by atoms with E-state index in [4.69, 9.17) is 21.1 Å². The van der Waals surface area contributed by atoms with Crippen LogP contribution in [-0.2, 0) is 22.9 Å². The summed E-state index contributed by atoms with van der Waals surface area (Å²) in [6, 6.07) is 10.5. The van der Waals surface area contributed by atoms with E-state index in [-0.39, 0.29) is 23.1 Å². The maximum atomic E-state index is 12.3. The Bertz CT molecular complexity index is 883. The van der Waals surface area contributed by atoms with Gasteiger partial charge < -0.3 is 9.47 Å². The Hall–Kier alpha value is -1.76. The normalized spacial score (nSPS) is 13.9. The third-order valence-corrected chi connectivity index (χ3v) is 6.17. The van der Waals surface area contributed by atoms with Crippen LogP contribution in [0.3, 0.4) is 0 Å². The number of nitrogens with one attached hydrogen (secondary N) is 1. The molecule has 0 saturated carbocycles.